The molecular formula is C51H94O6. The molecular weight excluding hydrogens is 709 g/mol. The van der Waals surface area contributed by atoms with E-state index in [9.17, 15) is 14.4 Å². The molecule has 1 atom stereocenters. The van der Waals surface area contributed by atoms with Crippen molar-refractivity contribution >= 4 is 17.9 Å². The molecule has 6 heteroatoms. The highest BCUT2D eigenvalue weighted by Gasteiger charge is 2.19. The molecule has 0 aromatic heterocycles. The van der Waals surface area contributed by atoms with Gasteiger partial charge < -0.3 is 14.2 Å². The molecule has 0 heterocycles. The fourth-order valence-electron chi connectivity index (χ4n) is 7.25. The number of hydrogen-bond acceptors (Lipinski definition) is 6. The number of unbranched alkanes of at least 4 members (excludes halogenated alkanes) is 30. The van der Waals surface area contributed by atoms with E-state index in [1.807, 2.05) is 0 Å². The lowest BCUT2D eigenvalue weighted by Crippen LogP contribution is -2.30. The summed E-state index contributed by atoms with van der Waals surface area (Å²) in [4.78, 5) is 37.8. The summed E-state index contributed by atoms with van der Waals surface area (Å²) in [5.74, 6) is -0.876. The molecule has 6 nitrogen and oxygen atoms in total. The van der Waals surface area contributed by atoms with E-state index in [4.69, 9.17) is 14.2 Å². The van der Waals surface area contributed by atoms with Crippen LogP contribution in [-0.4, -0.2) is 37.2 Å². The van der Waals surface area contributed by atoms with E-state index in [0.29, 0.717) is 19.3 Å². The van der Waals surface area contributed by atoms with Crippen molar-refractivity contribution in [2.24, 2.45) is 0 Å². The average Bonchev–Trinajstić information content (AvgIpc) is 3.21. The van der Waals surface area contributed by atoms with Gasteiger partial charge in [-0.05, 0) is 44.9 Å². The third-order valence-corrected chi connectivity index (χ3v) is 11.0. The topological polar surface area (TPSA) is 78.9 Å². The summed E-state index contributed by atoms with van der Waals surface area (Å²) in [6.07, 6.45) is 51.6. The van der Waals surface area contributed by atoms with Gasteiger partial charge in [-0.15, -0.1) is 0 Å². The van der Waals surface area contributed by atoms with Crippen LogP contribution in [0.4, 0.5) is 0 Å². The summed E-state index contributed by atoms with van der Waals surface area (Å²) < 4.78 is 16.8. The molecule has 1 unspecified atom stereocenters. The summed E-state index contributed by atoms with van der Waals surface area (Å²) >= 11 is 0. The van der Waals surface area contributed by atoms with Crippen LogP contribution in [0.15, 0.2) is 24.3 Å². The third-order valence-electron chi connectivity index (χ3n) is 11.0. The second-order valence-electron chi connectivity index (χ2n) is 16.7. The van der Waals surface area contributed by atoms with Gasteiger partial charge in [0.25, 0.3) is 0 Å². The molecule has 334 valence electrons. The van der Waals surface area contributed by atoms with Gasteiger partial charge in [0, 0.05) is 19.3 Å². The van der Waals surface area contributed by atoms with Gasteiger partial charge in [0.2, 0.25) is 0 Å². The minimum absolute atomic E-state index is 0.0725. The lowest BCUT2D eigenvalue weighted by atomic mass is 10.0. The molecule has 0 aliphatic carbocycles. The number of allylic oxidation sites excluding steroid dienone is 4. The van der Waals surface area contributed by atoms with Crippen molar-refractivity contribution in [1.82, 2.24) is 0 Å². The first-order valence-corrected chi connectivity index (χ1v) is 24.8. The van der Waals surface area contributed by atoms with Crippen LogP contribution in [0.3, 0.4) is 0 Å². The second-order valence-corrected chi connectivity index (χ2v) is 16.7. The van der Waals surface area contributed by atoms with Gasteiger partial charge >= 0.3 is 17.9 Å². The summed E-state index contributed by atoms with van der Waals surface area (Å²) in [5, 5.41) is 0. The zero-order valence-corrected chi connectivity index (χ0v) is 38.1. The summed E-state index contributed by atoms with van der Waals surface area (Å²) in [5.41, 5.74) is 0. The SMILES string of the molecule is CC/C=C\C/C=C\CCCCCCCC(=O)OC(COC(=O)CCCCCCCCCCCCCC)COC(=O)CCCCCCCCCCCCCCCCC. The molecule has 0 aliphatic heterocycles. The van der Waals surface area contributed by atoms with E-state index in [1.165, 1.54) is 135 Å². The molecule has 0 fully saturated rings. The Morgan fingerprint density at radius 3 is 1.05 bits per heavy atom. The predicted octanol–water partition coefficient (Wildman–Crippen LogP) is 16.0. The molecule has 0 spiro atoms. The molecule has 0 amide bonds. The molecule has 57 heavy (non-hydrogen) atoms. The quantitative estimate of drug-likeness (QED) is 0.0264. The first-order valence-electron chi connectivity index (χ1n) is 24.8. The van der Waals surface area contributed by atoms with Gasteiger partial charge in [-0.25, -0.2) is 0 Å². The van der Waals surface area contributed by atoms with Crippen molar-refractivity contribution < 1.29 is 28.6 Å². The number of hydrogen-bond donors (Lipinski definition) is 0. The average molecular weight is 803 g/mol. The van der Waals surface area contributed by atoms with Crippen LogP contribution in [0.2, 0.25) is 0 Å². The number of carbonyl (C=O) groups excluding carboxylic acids is 3. The highest BCUT2D eigenvalue weighted by atomic mass is 16.6. The maximum Gasteiger partial charge on any atom is 0.306 e. The first kappa shape index (κ1) is 54.9. The molecule has 0 rings (SSSR count). The van der Waals surface area contributed by atoms with Crippen LogP contribution in [-0.2, 0) is 28.6 Å². The minimum Gasteiger partial charge on any atom is -0.462 e. The van der Waals surface area contributed by atoms with Crippen LogP contribution in [0.25, 0.3) is 0 Å². The maximum atomic E-state index is 12.7. The number of ether oxygens (including phenoxy) is 3. The first-order chi connectivity index (χ1) is 28.0. The van der Waals surface area contributed by atoms with E-state index in [1.54, 1.807) is 0 Å². The number of rotatable bonds is 45. The van der Waals surface area contributed by atoms with Crippen molar-refractivity contribution in [2.75, 3.05) is 13.2 Å². The van der Waals surface area contributed by atoms with Gasteiger partial charge in [0.15, 0.2) is 6.10 Å². The van der Waals surface area contributed by atoms with Crippen LogP contribution in [0.5, 0.6) is 0 Å². The van der Waals surface area contributed by atoms with Crippen LogP contribution < -0.4 is 0 Å². The van der Waals surface area contributed by atoms with Gasteiger partial charge in [-0.3, -0.25) is 14.4 Å². The summed E-state index contributed by atoms with van der Waals surface area (Å²) in [6.45, 7) is 6.53. The van der Waals surface area contributed by atoms with Crippen molar-refractivity contribution in [3.05, 3.63) is 24.3 Å². The van der Waals surface area contributed by atoms with Gasteiger partial charge in [0.1, 0.15) is 13.2 Å². The van der Waals surface area contributed by atoms with Crippen molar-refractivity contribution in [1.29, 1.82) is 0 Å². The Balaban J connectivity index is 4.33. The Labute approximate surface area is 353 Å². The Morgan fingerprint density at radius 1 is 0.368 bits per heavy atom. The Kier molecular flexibility index (Phi) is 44.9. The van der Waals surface area contributed by atoms with Crippen molar-refractivity contribution in [2.45, 2.75) is 271 Å². The number of carbonyl (C=O) groups is 3. The van der Waals surface area contributed by atoms with Crippen molar-refractivity contribution in [3.8, 4) is 0 Å². The number of esters is 3. The molecule has 0 N–H and O–H groups in total. The fraction of sp³-hybridized carbons (Fsp3) is 0.863. The Bertz CT molecular complexity index is 927. The maximum absolute atomic E-state index is 12.7. The normalized spacial score (nSPS) is 12.1. The summed E-state index contributed by atoms with van der Waals surface area (Å²) in [6, 6.07) is 0. The highest BCUT2D eigenvalue weighted by molar-refractivity contribution is 5.71. The molecule has 0 bridgehead atoms. The Hall–Kier alpha value is -2.11. The second kappa shape index (κ2) is 46.6. The largest absolute Gasteiger partial charge is 0.462 e. The monoisotopic (exact) mass is 803 g/mol. The van der Waals surface area contributed by atoms with Crippen molar-refractivity contribution in [3.63, 3.8) is 0 Å². The molecule has 0 aromatic rings. The Morgan fingerprint density at radius 2 is 0.684 bits per heavy atom. The van der Waals surface area contributed by atoms with E-state index in [0.717, 1.165) is 89.9 Å². The molecule has 0 radical (unpaired) electrons. The van der Waals surface area contributed by atoms with E-state index in [-0.39, 0.29) is 31.1 Å². The minimum atomic E-state index is -0.771. The van der Waals surface area contributed by atoms with E-state index in [2.05, 4.69) is 45.1 Å². The predicted molar refractivity (Wildman–Crippen MR) is 243 cm³/mol. The van der Waals surface area contributed by atoms with Crippen LogP contribution >= 0.6 is 0 Å². The van der Waals surface area contributed by atoms with Gasteiger partial charge in [0.05, 0.1) is 0 Å². The smallest absolute Gasteiger partial charge is 0.306 e. The van der Waals surface area contributed by atoms with Gasteiger partial charge in [-0.2, -0.15) is 0 Å². The van der Waals surface area contributed by atoms with Crippen LogP contribution in [0, 0.1) is 0 Å². The lowest BCUT2D eigenvalue weighted by molar-refractivity contribution is -0.167. The summed E-state index contributed by atoms with van der Waals surface area (Å²) in [7, 11) is 0. The van der Waals surface area contributed by atoms with E-state index < -0.39 is 6.10 Å². The highest BCUT2D eigenvalue weighted by Crippen LogP contribution is 2.16. The zero-order chi connectivity index (χ0) is 41.5. The van der Waals surface area contributed by atoms with Crippen LogP contribution in [0.1, 0.15) is 265 Å². The molecule has 0 aliphatic rings. The zero-order valence-electron chi connectivity index (χ0n) is 38.1. The standard InChI is InChI=1S/C51H94O6/c1-4-7-10-13-16-19-22-25-26-27-30-32-35-38-41-44-50(53)56-47-48(57-51(54)45-42-39-36-33-29-24-21-18-15-12-9-6-3)46-55-49(52)43-40-37-34-31-28-23-20-17-14-11-8-5-2/h9,12,18,21,48H,4-8,10-11,13-17,19-20,22-47H2,1-3H3/b12-9-,21-18-. The molecule has 0 aromatic carbocycles. The fourth-order valence-corrected chi connectivity index (χ4v) is 7.25. The van der Waals surface area contributed by atoms with Gasteiger partial charge in [-0.1, -0.05) is 225 Å². The third kappa shape index (κ3) is 44.8. The molecule has 0 saturated heterocycles. The lowest BCUT2D eigenvalue weighted by Gasteiger charge is -2.18. The van der Waals surface area contributed by atoms with E-state index >= 15 is 0 Å². The molecule has 0 saturated carbocycles.